The molecule has 2 heterocycles. The maximum absolute atomic E-state index is 12.2. The van der Waals surface area contributed by atoms with Gasteiger partial charge in [-0.05, 0) is 29.7 Å². The zero-order chi connectivity index (χ0) is 21.5. The molecule has 0 saturated carbocycles. The Hall–Kier alpha value is -2.67. The second kappa shape index (κ2) is 10.6. The number of hydrogen-bond acceptors (Lipinski definition) is 6. The highest BCUT2D eigenvalue weighted by atomic mass is 16.7. The third kappa shape index (κ3) is 5.73. The van der Waals surface area contributed by atoms with Gasteiger partial charge in [0, 0.05) is 25.5 Å². The molecule has 4 rings (SSSR count). The van der Waals surface area contributed by atoms with Crippen molar-refractivity contribution in [3.8, 4) is 5.75 Å². The summed E-state index contributed by atoms with van der Waals surface area (Å²) in [5.74, 6) is 0.528. The first kappa shape index (κ1) is 21.6. The number of nitrogens with zero attached hydrogens (tertiary/aromatic N) is 1. The minimum atomic E-state index is -0.301. The molecule has 0 radical (unpaired) electrons. The van der Waals surface area contributed by atoms with E-state index in [1.165, 1.54) is 6.08 Å². The summed E-state index contributed by atoms with van der Waals surface area (Å²) < 4.78 is 16.5. The zero-order valence-electron chi connectivity index (χ0n) is 17.8. The molecule has 6 heteroatoms. The van der Waals surface area contributed by atoms with E-state index in [0.717, 1.165) is 36.3 Å². The molecule has 6 nitrogen and oxygen atoms in total. The Morgan fingerprint density at radius 3 is 2.74 bits per heavy atom. The van der Waals surface area contributed by atoms with Gasteiger partial charge in [-0.3, -0.25) is 4.84 Å². The lowest BCUT2D eigenvalue weighted by atomic mass is 10.0. The first-order valence-electron chi connectivity index (χ1n) is 10.8. The SMILES string of the molecule is COc1ccc(COCC/C=C/C(=O)O[C@H]2CCN3OC(c4ccccc4)C[C@H]23)cc1. The fraction of sp³-hybridized carbons (Fsp3) is 0.400. The number of fused-ring (bicyclic) bond motifs is 1. The quantitative estimate of drug-likeness (QED) is 0.342. The van der Waals surface area contributed by atoms with Crippen molar-refractivity contribution in [3.05, 3.63) is 77.9 Å². The van der Waals surface area contributed by atoms with Crippen molar-refractivity contribution in [2.45, 2.75) is 44.1 Å². The number of benzene rings is 2. The first-order chi connectivity index (χ1) is 15.2. The highest BCUT2D eigenvalue weighted by Crippen LogP contribution is 2.39. The Morgan fingerprint density at radius 2 is 1.97 bits per heavy atom. The van der Waals surface area contributed by atoms with E-state index in [2.05, 4.69) is 12.1 Å². The van der Waals surface area contributed by atoms with Crippen LogP contribution in [0.4, 0.5) is 0 Å². The number of rotatable bonds is 9. The molecule has 3 atom stereocenters. The maximum atomic E-state index is 12.2. The van der Waals surface area contributed by atoms with E-state index in [1.807, 2.05) is 47.5 Å². The molecule has 1 unspecified atom stereocenters. The fourth-order valence-electron chi connectivity index (χ4n) is 4.06. The summed E-state index contributed by atoms with van der Waals surface area (Å²) in [6.45, 7) is 1.86. The lowest BCUT2D eigenvalue weighted by molar-refractivity contribution is -0.159. The molecule has 2 aromatic carbocycles. The van der Waals surface area contributed by atoms with E-state index in [1.54, 1.807) is 13.2 Å². The van der Waals surface area contributed by atoms with Gasteiger partial charge in [-0.25, -0.2) is 4.79 Å². The van der Waals surface area contributed by atoms with Gasteiger partial charge in [0.25, 0.3) is 0 Å². The van der Waals surface area contributed by atoms with Crippen molar-refractivity contribution in [1.29, 1.82) is 0 Å². The van der Waals surface area contributed by atoms with Crippen LogP contribution in [-0.2, 0) is 25.7 Å². The van der Waals surface area contributed by atoms with Crippen molar-refractivity contribution in [1.82, 2.24) is 5.06 Å². The number of carbonyl (C=O) groups excluding carboxylic acids is 1. The van der Waals surface area contributed by atoms with Gasteiger partial charge in [-0.1, -0.05) is 48.5 Å². The van der Waals surface area contributed by atoms with Crippen LogP contribution in [0.1, 0.15) is 36.5 Å². The van der Waals surface area contributed by atoms with Crippen molar-refractivity contribution >= 4 is 5.97 Å². The molecular formula is C25H29NO5. The van der Waals surface area contributed by atoms with Gasteiger partial charge in [0.2, 0.25) is 0 Å². The van der Waals surface area contributed by atoms with E-state index in [-0.39, 0.29) is 24.2 Å². The van der Waals surface area contributed by atoms with Gasteiger partial charge < -0.3 is 14.2 Å². The molecule has 0 N–H and O–H groups in total. The molecule has 164 valence electrons. The van der Waals surface area contributed by atoms with E-state index in [9.17, 15) is 4.79 Å². The number of hydroxylamine groups is 2. The normalized spacial score (nSPS) is 23.2. The molecule has 2 fully saturated rings. The smallest absolute Gasteiger partial charge is 0.330 e. The average Bonchev–Trinajstić information content (AvgIpc) is 3.39. The standard InChI is InChI=1S/C25H29NO5/c1-28-21-12-10-19(11-13-21)18-29-16-6-5-9-25(27)30-23-14-15-26-22(23)17-24(31-26)20-7-3-2-4-8-20/h2-5,7-13,22-24H,6,14-18H2,1H3/b9-5+/t22-,23+,24?/m1/s1. The Kier molecular flexibility index (Phi) is 7.35. The summed E-state index contributed by atoms with van der Waals surface area (Å²) in [5.41, 5.74) is 2.25. The van der Waals surface area contributed by atoms with Crippen LogP contribution in [0.3, 0.4) is 0 Å². The lowest BCUT2D eigenvalue weighted by Crippen LogP contribution is -2.31. The van der Waals surface area contributed by atoms with Crippen molar-refractivity contribution in [2.75, 3.05) is 20.3 Å². The Labute approximate surface area is 183 Å². The molecule has 2 saturated heterocycles. The van der Waals surface area contributed by atoms with Gasteiger partial charge in [-0.2, -0.15) is 5.06 Å². The molecule has 0 spiro atoms. The van der Waals surface area contributed by atoms with Crippen LogP contribution >= 0.6 is 0 Å². The first-order valence-corrected chi connectivity index (χ1v) is 10.8. The monoisotopic (exact) mass is 423 g/mol. The molecule has 0 aromatic heterocycles. The number of esters is 1. The summed E-state index contributed by atoms with van der Waals surface area (Å²) in [6.07, 6.45) is 5.51. The summed E-state index contributed by atoms with van der Waals surface area (Å²) in [5, 5.41) is 1.98. The number of ether oxygens (including phenoxy) is 3. The van der Waals surface area contributed by atoms with Crippen molar-refractivity contribution in [3.63, 3.8) is 0 Å². The van der Waals surface area contributed by atoms with Crippen LogP contribution in [-0.4, -0.2) is 43.4 Å². The Bertz CT molecular complexity index is 867. The van der Waals surface area contributed by atoms with E-state index < -0.39 is 0 Å². The van der Waals surface area contributed by atoms with Crippen molar-refractivity contribution in [2.24, 2.45) is 0 Å². The van der Waals surface area contributed by atoms with E-state index in [0.29, 0.717) is 19.6 Å². The predicted molar refractivity (Wildman–Crippen MR) is 116 cm³/mol. The summed E-state index contributed by atoms with van der Waals surface area (Å²) >= 11 is 0. The molecule has 2 aliphatic rings. The fourth-order valence-corrected chi connectivity index (χ4v) is 4.06. The Balaban J connectivity index is 1.15. The highest BCUT2D eigenvalue weighted by Gasteiger charge is 2.45. The van der Waals surface area contributed by atoms with Gasteiger partial charge in [-0.15, -0.1) is 0 Å². The molecule has 0 aliphatic carbocycles. The second-order valence-electron chi connectivity index (χ2n) is 7.80. The van der Waals surface area contributed by atoms with Crippen LogP contribution in [0.5, 0.6) is 5.75 Å². The van der Waals surface area contributed by atoms with Crippen LogP contribution in [0.2, 0.25) is 0 Å². The minimum absolute atomic E-state index is 0.0334. The van der Waals surface area contributed by atoms with E-state index in [4.69, 9.17) is 19.0 Å². The van der Waals surface area contributed by atoms with Gasteiger partial charge >= 0.3 is 5.97 Å². The summed E-state index contributed by atoms with van der Waals surface area (Å²) in [4.78, 5) is 18.3. The summed E-state index contributed by atoms with van der Waals surface area (Å²) in [7, 11) is 1.65. The summed E-state index contributed by atoms with van der Waals surface area (Å²) in [6, 6.07) is 18.1. The molecule has 0 bridgehead atoms. The maximum Gasteiger partial charge on any atom is 0.330 e. The Morgan fingerprint density at radius 1 is 1.16 bits per heavy atom. The van der Waals surface area contributed by atoms with Gasteiger partial charge in [0.1, 0.15) is 18.0 Å². The third-order valence-corrected chi connectivity index (χ3v) is 5.70. The number of methoxy groups -OCH3 is 1. The average molecular weight is 424 g/mol. The second-order valence-corrected chi connectivity index (χ2v) is 7.80. The molecule has 31 heavy (non-hydrogen) atoms. The highest BCUT2D eigenvalue weighted by molar-refractivity contribution is 5.82. The molecule has 2 aromatic rings. The third-order valence-electron chi connectivity index (χ3n) is 5.70. The minimum Gasteiger partial charge on any atom is -0.497 e. The van der Waals surface area contributed by atoms with Crippen LogP contribution in [0.25, 0.3) is 0 Å². The van der Waals surface area contributed by atoms with Crippen molar-refractivity contribution < 1.29 is 23.8 Å². The predicted octanol–water partition coefficient (Wildman–Crippen LogP) is 4.22. The van der Waals surface area contributed by atoms with Crippen LogP contribution in [0.15, 0.2) is 66.7 Å². The van der Waals surface area contributed by atoms with E-state index >= 15 is 0 Å². The number of hydrogen-bond donors (Lipinski definition) is 0. The zero-order valence-corrected chi connectivity index (χ0v) is 17.8. The number of carbonyl (C=O) groups is 1. The largest absolute Gasteiger partial charge is 0.497 e. The lowest BCUT2D eigenvalue weighted by Gasteiger charge is -2.17. The van der Waals surface area contributed by atoms with Crippen LogP contribution < -0.4 is 4.74 Å². The molecular weight excluding hydrogens is 394 g/mol. The van der Waals surface area contributed by atoms with Gasteiger partial charge in [0.15, 0.2) is 0 Å². The molecule has 0 amide bonds. The molecule has 2 aliphatic heterocycles. The van der Waals surface area contributed by atoms with Crippen LogP contribution in [0, 0.1) is 0 Å². The van der Waals surface area contributed by atoms with Gasteiger partial charge in [0.05, 0.1) is 26.4 Å². The topological polar surface area (TPSA) is 57.2 Å².